The standard InChI is InChI=1S/C14H21NO4S/c1-5-14(4,13(16)17)9-15-20(18,19)12-7-6-10(2)8-11(12)3/h6-8,15H,5,9H2,1-4H3,(H,16,17). The lowest BCUT2D eigenvalue weighted by atomic mass is 9.88. The highest BCUT2D eigenvalue weighted by atomic mass is 32.2. The van der Waals surface area contributed by atoms with E-state index in [1.165, 1.54) is 13.0 Å². The van der Waals surface area contributed by atoms with Crippen LogP contribution < -0.4 is 4.72 Å². The molecule has 0 aliphatic carbocycles. The first-order valence-corrected chi connectivity index (χ1v) is 7.91. The van der Waals surface area contributed by atoms with Crippen molar-refractivity contribution < 1.29 is 18.3 Å². The highest BCUT2D eigenvalue weighted by Crippen LogP contribution is 2.22. The Hall–Kier alpha value is -1.40. The number of sulfonamides is 1. The van der Waals surface area contributed by atoms with Gasteiger partial charge in [-0.15, -0.1) is 0 Å². The lowest BCUT2D eigenvalue weighted by Crippen LogP contribution is -2.40. The van der Waals surface area contributed by atoms with Crippen molar-refractivity contribution in [3.05, 3.63) is 29.3 Å². The second-order valence-electron chi connectivity index (χ2n) is 5.31. The minimum absolute atomic E-state index is 0.130. The third-order valence-corrected chi connectivity index (χ3v) is 5.13. The van der Waals surface area contributed by atoms with Crippen molar-refractivity contribution in [2.75, 3.05) is 6.54 Å². The molecular formula is C14H21NO4S. The predicted octanol–water partition coefficient (Wildman–Crippen LogP) is 2.08. The number of nitrogens with one attached hydrogen (secondary N) is 1. The van der Waals surface area contributed by atoms with E-state index in [1.807, 2.05) is 6.92 Å². The van der Waals surface area contributed by atoms with Crippen LogP contribution in [0.3, 0.4) is 0 Å². The summed E-state index contributed by atoms with van der Waals surface area (Å²) in [5.74, 6) is -1.01. The molecule has 0 aliphatic rings. The number of aliphatic carboxylic acids is 1. The second kappa shape index (κ2) is 5.93. The summed E-state index contributed by atoms with van der Waals surface area (Å²) in [6.45, 7) is 6.72. The zero-order valence-electron chi connectivity index (χ0n) is 12.2. The van der Waals surface area contributed by atoms with Crippen LogP contribution in [-0.2, 0) is 14.8 Å². The van der Waals surface area contributed by atoms with Gasteiger partial charge in [-0.25, -0.2) is 13.1 Å². The van der Waals surface area contributed by atoms with Gasteiger partial charge in [0.25, 0.3) is 0 Å². The van der Waals surface area contributed by atoms with E-state index in [1.54, 1.807) is 26.0 Å². The van der Waals surface area contributed by atoms with Crippen LogP contribution in [-0.4, -0.2) is 26.0 Å². The number of carbonyl (C=O) groups is 1. The van der Waals surface area contributed by atoms with Gasteiger partial charge in [0, 0.05) is 6.54 Å². The zero-order valence-corrected chi connectivity index (χ0v) is 13.0. The van der Waals surface area contributed by atoms with Crippen LogP contribution >= 0.6 is 0 Å². The van der Waals surface area contributed by atoms with Gasteiger partial charge in [-0.3, -0.25) is 4.79 Å². The lowest BCUT2D eigenvalue weighted by molar-refractivity contribution is -0.147. The van der Waals surface area contributed by atoms with Crippen molar-refractivity contribution in [1.29, 1.82) is 0 Å². The molecule has 0 radical (unpaired) electrons. The van der Waals surface area contributed by atoms with Crippen molar-refractivity contribution in [3.63, 3.8) is 0 Å². The first-order chi connectivity index (χ1) is 9.12. The number of aryl methyl sites for hydroxylation is 2. The summed E-state index contributed by atoms with van der Waals surface area (Å²) in [7, 11) is -3.70. The maximum Gasteiger partial charge on any atom is 0.310 e. The van der Waals surface area contributed by atoms with E-state index in [2.05, 4.69) is 4.72 Å². The first-order valence-electron chi connectivity index (χ1n) is 6.43. The first kappa shape index (κ1) is 16.7. The van der Waals surface area contributed by atoms with E-state index in [0.717, 1.165) is 5.56 Å². The molecule has 0 aromatic heterocycles. The summed E-state index contributed by atoms with van der Waals surface area (Å²) in [5.41, 5.74) is 0.516. The van der Waals surface area contributed by atoms with E-state index >= 15 is 0 Å². The summed E-state index contributed by atoms with van der Waals surface area (Å²) in [6.07, 6.45) is 0.345. The van der Waals surface area contributed by atoms with E-state index in [9.17, 15) is 13.2 Å². The maximum absolute atomic E-state index is 12.2. The van der Waals surface area contributed by atoms with Gasteiger partial charge in [0.15, 0.2) is 0 Å². The van der Waals surface area contributed by atoms with Gasteiger partial charge in [-0.05, 0) is 38.8 Å². The molecule has 6 heteroatoms. The Morgan fingerprint density at radius 2 is 1.95 bits per heavy atom. The van der Waals surface area contributed by atoms with E-state index in [4.69, 9.17) is 5.11 Å². The molecule has 0 aliphatic heterocycles. The highest BCUT2D eigenvalue weighted by molar-refractivity contribution is 7.89. The van der Waals surface area contributed by atoms with Crippen molar-refractivity contribution in [3.8, 4) is 0 Å². The molecule has 1 rings (SSSR count). The Morgan fingerprint density at radius 1 is 1.35 bits per heavy atom. The molecule has 0 bridgehead atoms. The zero-order chi connectivity index (χ0) is 15.6. The molecule has 1 aromatic carbocycles. The molecule has 5 nitrogen and oxygen atoms in total. The van der Waals surface area contributed by atoms with Gasteiger partial charge in [-0.1, -0.05) is 24.6 Å². The largest absolute Gasteiger partial charge is 0.481 e. The minimum atomic E-state index is -3.70. The van der Waals surface area contributed by atoms with Crippen LogP contribution in [0.5, 0.6) is 0 Å². The monoisotopic (exact) mass is 299 g/mol. The molecular weight excluding hydrogens is 278 g/mol. The molecule has 1 unspecified atom stereocenters. The molecule has 1 aromatic rings. The minimum Gasteiger partial charge on any atom is -0.481 e. The van der Waals surface area contributed by atoms with Crippen molar-refractivity contribution in [2.45, 2.75) is 39.0 Å². The molecule has 0 heterocycles. The molecule has 0 saturated heterocycles. The van der Waals surface area contributed by atoms with Gasteiger partial charge in [-0.2, -0.15) is 0 Å². The smallest absolute Gasteiger partial charge is 0.310 e. The third-order valence-electron chi connectivity index (χ3n) is 3.57. The van der Waals surface area contributed by atoms with Crippen LogP contribution in [0.2, 0.25) is 0 Å². The molecule has 0 fully saturated rings. The van der Waals surface area contributed by atoms with Gasteiger partial charge in [0.1, 0.15) is 0 Å². The lowest BCUT2D eigenvalue weighted by Gasteiger charge is -2.23. The van der Waals surface area contributed by atoms with Gasteiger partial charge in [0.2, 0.25) is 10.0 Å². The summed E-state index contributed by atoms with van der Waals surface area (Å²) in [5, 5.41) is 9.16. The van der Waals surface area contributed by atoms with Crippen molar-refractivity contribution in [1.82, 2.24) is 4.72 Å². The molecule has 0 saturated carbocycles. The van der Waals surface area contributed by atoms with E-state index in [0.29, 0.717) is 12.0 Å². The summed E-state index contributed by atoms with van der Waals surface area (Å²) in [4.78, 5) is 11.4. The van der Waals surface area contributed by atoms with Crippen LogP contribution in [0.15, 0.2) is 23.1 Å². The van der Waals surface area contributed by atoms with E-state index < -0.39 is 21.4 Å². The second-order valence-corrected chi connectivity index (χ2v) is 7.05. The Labute approximate surface area is 120 Å². The number of hydrogen-bond acceptors (Lipinski definition) is 3. The fraction of sp³-hybridized carbons (Fsp3) is 0.500. The van der Waals surface area contributed by atoms with Crippen LogP contribution in [0.25, 0.3) is 0 Å². The summed E-state index contributed by atoms with van der Waals surface area (Å²) in [6, 6.07) is 5.04. The Bertz CT molecular complexity index is 610. The highest BCUT2D eigenvalue weighted by Gasteiger charge is 2.33. The number of hydrogen-bond donors (Lipinski definition) is 2. The van der Waals surface area contributed by atoms with Gasteiger partial charge < -0.3 is 5.11 Å². The third kappa shape index (κ3) is 3.58. The van der Waals surface area contributed by atoms with E-state index in [-0.39, 0.29) is 11.4 Å². The average molecular weight is 299 g/mol. The molecule has 0 spiro atoms. The Morgan fingerprint density at radius 3 is 2.40 bits per heavy atom. The average Bonchev–Trinajstić information content (AvgIpc) is 2.35. The van der Waals surface area contributed by atoms with Crippen molar-refractivity contribution in [2.24, 2.45) is 5.41 Å². The normalized spacial score (nSPS) is 14.8. The molecule has 112 valence electrons. The SMILES string of the molecule is CCC(C)(CNS(=O)(=O)c1ccc(C)cc1C)C(=O)O. The molecule has 0 amide bonds. The Balaban J connectivity index is 2.99. The molecule has 2 N–H and O–H groups in total. The summed E-state index contributed by atoms with van der Waals surface area (Å²) < 4.78 is 26.9. The summed E-state index contributed by atoms with van der Waals surface area (Å²) >= 11 is 0. The molecule has 20 heavy (non-hydrogen) atoms. The van der Waals surface area contributed by atoms with Crippen LogP contribution in [0.1, 0.15) is 31.4 Å². The fourth-order valence-corrected chi connectivity index (χ4v) is 3.18. The van der Waals surface area contributed by atoms with Gasteiger partial charge in [0.05, 0.1) is 10.3 Å². The Kier molecular flexibility index (Phi) is 4.94. The number of carboxylic acids is 1. The number of carboxylic acid groups (broad SMARTS) is 1. The van der Waals surface area contributed by atoms with Crippen molar-refractivity contribution >= 4 is 16.0 Å². The number of benzene rings is 1. The quantitative estimate of drug-likeness (QED) is 0.842. The van der Waals surface area contributed by atoms with Crippen LogP contribution in [0.4, 0.5) is 0 Å². The molecule has 1 atom stereocenters. The van der Waals surface area contributed by atoms with Gasteiger partial charge >= 0.3 is 5.97 Å². The van der Waals surface area contributed by atoms with Crippen LogP contribution in [0, 0.1) is 19.3 Å². The predicted molar refractivity (Wildman–Crippen MR) is 77.1 cm³/mol. The number of rotatable bonds is 6. The topological polar surface area (TPSA) is 83.5 Å². The fourth-order valence-electron chi connectivity index (χ4n) is 1.78. The maximum atomic E-state index is 12.2.